The number of amides is 1. The first-order chi connectivity index (χ1) is 8.11. The molecule has 0 fully saturated rings. The highest BCUT2D eigenvalue weighted by molar-refractivity contribution is 6.32. The van der Waals surface area contributed by atoms with Gasteiger partial charge in [-0.2, -0.15) is 0 Å². The minimum absolute atomic E-state index is 0.0357. The topological polar surface area (TPSA) is 55.4 Å². The molecule has 1 atom stereocenters. The van der Waals surface area contributed by atoms with Gasteiger partial charge in [0.25, 0.3) is 0 Å². The first kappa shape index (κ1) is 15.9. The van der Waals surface area contributed by atoms with Crippen molar-refractivity contribution in [1.82, 2.24) is 5.32 Å². The smallest absolute Gasteiger partial charge is 0.396 e. The molecule has 0 aromatic carbocycles. The van der Waals surface area contributed by atoms with E-state index in [4.69, 9.17) is 4.74 Å². The molecule has 0 radical (unpaired) electrons. The van der Waals surface area contributed by atoms with E-state index < -0.39 is 11.9 Å². The third kappa shape index (κ3) is 8.72. The summed E-state index contributed by atoms with van der Waals surface area (Å²) in [6, 6.07) is 0.0357. The Kier molecular flexibility index (Phi) is 9.49. The van der Waals surface area contributed by atoms with Gasteiger partial charge in [-0.15, -0.1) is 0 Å². The van der Waals surface area contributed by atoms with Gasteiger partial charge in [-0.1, -0.05) is 39.5 Å². The summed E-state index contributed by atoms with van der Waals surface area (Å²) in [6.07, 6.45) is 6.32. The number of carbonyl (C=O) groups is 2. The Bertz CT molecular complexity index is 229. The van der Waals surface area contributed by atoms with E-state index in [9.17, 15) is 9.59 Å². The van der Waals surface area contributed by atoms with E-state index in [-0.39, 0.29) is 6.04 Å². The van der Waals surface area contributed by atoms with Gasteiger partial charge in [0.2, 0.25) is 0 Å². The van der Waals surface area contributed by atoms with E-state index in [2.05, 4.69) is 12.2 Å². The minimum atomic E-state index is -0.771. The molecule has 0 aliphatic rings. The molecular weight excluding hydrogens is 218 g/mol. The molecule has 0 aromatic heterocycles. The number of hydrogen-bond acceptors (Lipinski definition) is 3. The summed E-state index contributed by atoms with van der Waals surface area (Å²) >= 11 is 0. The summed E-state index contributed by atoms with van der Waals surface area (Å²) in [6.45, 7) is 6.27. The number of hydrogen-bond donors (Lipinski definition) is 1. The summed E-state index contributed by atoms with van der Waals surface area (Å²) < 4.78 is 4.75. The summed E-state index contributed by atoms with van der Waals surface area (Å²) in [5.41, 5.74) is 0. The van der Waals surface area contributed by atoms with Gasteiger partial charge in [-0.25, -0.2) is 4.79 Å². The Morgan fingerprint density at radius 3 is 2.41 bits per heavy atom. The van der Waals surface area contributed by atoms with Gasteiger partial charge in [0.1, 0.15) is 0 Å². The minimum Gasteiger partial charge on any atom is -0.459 e. The average molecular weight is 243 g/mol. The number of rotatable bonds is 8. The maximum Gasteiger partial charge on any atom is 0.396 e. The maximum absolute atomic E-state index is 11.4. The van der Waals surface area contributed by atoms with E-state index in [1.54, 1.807) is 0 Å². The molecular formula is C13H25NO3. The molecule has 0 aliphatic heterocycles. The van der Waals surface area contributed by atoms with Crippen LogP contribution >= 0.6 is 0 Å². The largest absolute Gasteiger partial charge is 0.459 e. The van der Waals surface area contributed by atoms with Crippen LogP contribution in [-0.4, -0.2) is 24.5 Å². The third-order valence-electron chi connectivity index (χ3n) is 2.49. The lowest BCUT2D eigenvalue weighted by Gasteiger charge is -2.12. The first-order valence-electron chi connectivity index (χ1n) is 6.59. The van der Waals surface area contributed by atoms with Crippen molar-refractivity contribution in [3.8, 4) is 0 Å². The molecule has 1 N–H and O–H groups in total. The second-order valence-corrected chi connectivity index (χ2v) is 4.36. The Hall–Kier alpha value is -1.06. The van der Waals surface area contributed by atoms with E-state index in [1.165, 1.54) is 19.3 Å². The molecule has 0 aliphatic carbocycles. The molecule has 4 nitrogen and oxygen atoms in total. The van der Waals surface area contributed by atoms with E-state index in [0.29, 0.717) is 6.61 Å². The van der Waals surface area contributed by atoms with Gasteiger partial charge in [0.05, 0.1) is 6.61 Å². The highest BCUT2D eigenvalue weighted by atomic mass is 16.5. The van der Waals surface area contributed by atoms with Crippen LogP contribution in [0.25, 0.3) is 0 Å². The van der Waals surface area contributed by atoms with Gasteiger partial charge < -0.3 is 10.1 Å². The van der Waals surface area contributed by atoms with Crippen molar-refractivity contribution in [1.29, 1.82) is 0 Å². The summed E-state index contributed by atoms with van der Waals surface area (Å²) in [4.78, 5) is 22.5. The Labute approximate surface area is 104 Å². The van der Waals surface area contributed by atoms with Crippen LogP contribution in [0.5, 0.6) is 0 Å². The lowest BCUT2D eigenvalue weighted by Crippen LogP contribution is -2.38. The molecule has 100 valence electrons. The van der Waals surface area contributed by atoms with Gasteiger partial charge in [0.15, 0.2) is 0 Å². The number of esters is 1. The third-order valence-corrected chi connectivity index (χ3v) is 2.49. The molecule has 0 rings (SSSR count). The quantitative estimate of drug-likeness (QED) is 0.404. The molecule has 0 aromatic rings. The van der Waals surface area contributed by atoms with Crippen LogP contribution in [0.1, 0.15) is 59.3 Å². The first-order valence-corrected chi connectivity index (χ1v) is 6.59. The predicted octanol–water partition coefficient (Wildman–Crippen LogP) is 2.41. The van der Waals surface area contributed by atoms with Crippen LogP contribution < -0.4 is 5.32 Å². The number of unbranched alkanes of at least 4 members (excludes halogenated alkanes) is 3. The molecule has 1 amide bonds. The molecule has 4 heteroatoms. The van der Waals surface area contributed by atoms with Crippen molar-refractivity contribution < 1.29 is 14.3 Å². The zero-order valence-corrected chi connectivity index (χ0v) is 11.3. The summed E-state index contributed by atoms with van der Waals surface area (Å²) in [5, 5.41) is 2.65. The van der Waals surface area contributed by atoms with Crippen molar-refractivity contribution in [3.63, 3.8) is 0 Å². The van der Waals surface area contributed by atoms with Gasteiger partial charge in [0, 0.05) is 6.04 Å². The van der Waals surface area contributed by atoms with Crippen molar-refractivity contribution in [2.24, 2.45) is 0 Å². The number of carbonyl (C=O) groups excluding carboxylic acids is 2. The van der Waals surface area contributed by atoms with Crippen LogP contribution in [0.3, 0.4) is 0 Å². The molecule has 1 unspecified atom stereocenters. The van der Waals surface area contributed by atoms with Crippen molar-refractivity contribution in [2.45, 2.75) is 65.3 Å². The van der Waals surface area contributed by atoms with Crippen molar-refractivity contribution in [3.05, 3.63) is 0 Å². The Morgan fingerprint density at radius 2 is 1.82 bits per heavy atom. The summed E-state index contributed by atoms with van der Waals surface area (Å²) in [7, 11) is 0. The fourth-order valence-electron chi connectivity index (χ4n) is 1.49. The average Bonchev–Trinajstić information content (AvgIpc) is 2.31. The van der Waals surface area contributed by atoms with Gasteiger partial charge in [-0.05, 0) is 19.8 Å². The maximum atomic E-state index is 11.4. The fourth-order valence-corrected chi connectivity index (χ4v) is 1.49. The predicted molar refractivity (Wildman–Crippen MR) is 67.6 cm³/mol. The van der Waals surface area contributed by atoms with Crippen LogP contribution in [0.15, 0.2) is 0 Å². The van der Waals surface area contributed by atoms with Crippen LogP contribution in [0, 0.1) is 0 Å². The normalized spacial score (nSPS) is 11.9. The Morgan fingerprint density at radius 1 is 1.12 bits per heavy atom. The molecule has 0 spiro atoms. The standard InChI is InChI=1S/C13H25NO3/c1-4-6-7-8-9-11(3)14-12(15)13(16)17-10-5-2/h11H,4-10H2,1-3H3,(H,14,15). The van der Waals surface area contributed by atoms with Crippen molar-refractivity contribution >= 4 is 11.9 Å². The van der Waals surface area contributed by atoms with Gasteiger partial charge >= 0.3 is 11.9 Å². The lowest BCUT2D eigenvalue weighted by molar-refractivity contribution is -0.155. The monoisotopic (exact) mass is 243 g/mol. The van der Waals surface area contributed by atoms with Crippen LogP contribution in [0.2, 0.25) is 0 Å². The zero-order valence-electron chi connectivity index (χ0n) is 11.3. The molecule has 0 saturated carbocycles. The highest BCUT2D eigenvalue weighted by Gasteiger charge is 2.16. The second-order valence-electron chi connectivity index (χ2n) is 4.36. The van der Waals surface area contributed by atoms with E-state index in [0.717, 1.165) is 19.3 Å². The van der Waals surface area contributed by atoms with Gasteiger partial charge in [-0.3, -0.25) is 4.79 Å². The van der Waals surface area contributed by atoms with E-state index in [1.807, 2.05) is 13.8 Å². The van der Waals surface area contributed by atoms with Crippen LogP contribution in [-0.2, 0) is 14.3 Å². The van der Waals surface area contributed by atoms with Crippen LogP contribution in [0.4, 0.5) is 0 Å². The lowest BCUT2D eigenvalue weighted by atomic mass is 10.1. The van der Waals surface area contributed by atoms with Crippen molar-refractivity contribution in [2.75, 3.05) is 6.61 Å². The number of nitrogens with one attached hydrogen (secondary N) is 1. The molecule has 0 bridgehead atoms. The molecule has 17 heavy (non-hydrogen) atoms. The second kappa shape index (κ2) is 10.1. The fraction of sp³-hybridized carbons (Fsp3) is 0.846. The Balaban J connectivity index is 3.67. The molecule has 0 heterocycles. The molecule has 0 saturated heterocycles. The summed E-state index contributed by atoms with van der Waals surface area (Å²) in [5.74, 6) is -1.39. The number of ether oxygens (including phenoxy) is 1. The van der Waals surface area contributed by atoms with E-state index >= 15 is 0 Å². The SMILES string of the molecule is CCCCCCC(C)NC(=O)C(=O)OCCC. The highest BCUT2D eigenvalue weighted by Crippen LogP contribution is 2.05. The zero-order chi connectivity index (χ0) is 13.1.